The minimum atomic E-state index is -3.24. The molecule has 0 amide bonds. The Hall–Kier alpha value is -0.400. The van der Waals surface area contributed by atoms with Gasteiger partial charge < -0.3 is 13.6 Å². The molecule has 0 aliphatic carbocycles. The summed E-state index contributed by atoms with van der Waals surface area (Å²) < 4.78 is 36.3. The van der Waals surface area contributed by atoms with Gasteiger partial charge in [0.2, 0.25) is 0 Å². The molecule has 0 saturated heterocycles. The van der Waals surface area contributed by atoms with Gasteiger partial charge in [0.15, 0.2) is 0 Å². The van der Waals surface area contributed by atoms with Crippen LogP contribution in [0.3, 0.4) is 0 Å². The second-order valence-electron chi connectivity index (χ2n) is 6.58. The van der Waals surface area contributed by atoms with Crippen molar-refractivity contribution in [3.8, 4) is 0 Å². The maximum absolute atomic E-state index is 13.0. The first kappa shape index (κ1) is 19.6. The van der Waals surface area contributed by atoms with E-state index in [1.165, 1.54) is 0 Å². The number of benzene rings is 1. The van der Waals surface area contributed by atoms with Crippen LogP contribution >= 0.6 is 14.7 Å². The molecule has 1 aromatic carbocycles. The normalized spacial score (nSPS) is 13.1. The van der Waals surface area contributed by atoms with E-state index in [1.807, 2.05) is 52.0 Å². The number of hydrogen-bond donors (Lipinski definition) is 0. The third kappa shape index (κ3) is 7.24. The van der Waals surface area contributed by atoms with E-state index >= 15 is 0 Å². The minimum absolute atomic E-state index is 0.180. The van der Waals surface area contributed by atoms with Crippen molar-refractivity contribution in [3.05, 3.63) is 35.4 Å². The summed E-state index contributed by atoms with van der Waals surface area (Å²) in [6.45, 7) is 10.9. The summed E-state index contributed by atoms with van der Waals surface area (Å²) in [5, 5.41) is 0. The van der Waals surface area contributed by atoms with Gasteiger partial charge in [-0.2, -0.15) is 0 Å². The first-order valence-corrected chi connectivity index (χ1v) is 12.1. The average Bonchev–Trinajstić information content (AvgIpc) is 2.27. The summed E-state index contributed by atoms with van der Waals surface area (Å²) in [5.41, 5.74) is 1.84. The Kier molecular flexibility index (Phi) is 7.08. The highest BCUT2D eigenvalue weighted by atomic mass is 31.2. The molecule has 22 heavy (non-hydrogen) atoms. The maximum atomic E-state index is 13.0. The average molecular weight is 346 g/mol. The molecule has 0 unspecified atom stereocenters. The fraction of sp³-hybridized carbons (Fsp3) is 0.625. The van der Waals surface area contributed by atoms with E-state index in [4.69, 9.17) is 9.05 Å². The van der Waals surface area contributed by atoms with E-state index in [1.54, 1.807) is 13.3 Å². The van der Waals surface area contributed by atoms with Gasteiger partial charge in [-0.3, -0.25) is 4.57 Å². The summed E-state index contributed by atoms with van der Waals surface area (Å²) in [4.78, 5) is 0. The van der Waals surface area contributed by atoms with Gasteiger partial charge in [0.05, 0.1) is 25.5 Å². The smallest absolute Gasteiger partial charge is 0.324 e. The topological polar surface area (TPSA) is 52.6 Å². The van der Waals surface area contributed by atoms with Crippen LogP contribution in [0.25, 0.3) is 0 Å². The molecule has 4 nitrogen and oxygen atoms in total. The summed E-state index contributed by atoms with van der Waals surface area (Å²) >= 11 is 0. The zero-order valence-corrected chi connectivity index (χ0v) is 16.2. The first-order valence-electron chi connectivity index (χ1n) is 7.57. The predicted octanol–water partition coefficient (Wildman–Crippen LogP) is 5.35. The Morgan fingerprint density at radius 1 is 0.864 bits per heavy atom. The Morgan fingerprint density at radius 3 is 1.64 bits per heavy atom. The highest BCUT2D eigenvalue weighted by Gasteiger charge is 2.29. The first-order chi connectivity index (χ1) is 10.0. The van der Waals surface area contributed by atoms with Crippen LogP contribution < -0.4 is 0 Å². The maximum Gasteiger partial charge on any atom is 0.335 e. The second-order valence-corrected chi connectivity index (χ2v) is 12.0. The van der Waals surface area contributed by atoms with E-state index in [2.05, 4.69) is 0 Å². The Labute approximate surface area is 134 Å². The highest BCUT2D eigenvalue weighted by molar-refractivity contribution is 7.61. The van der Waals surface area contributed by atoms with Crippen LogP contribution in [0.4, 0.5) is 0 Å². The van der Waals surface area contributed by atoms with E-state index in [0.717, 1.165) is 11.1 Å². The van der Waals surface area contributed by atoms with Gasteiger partial charge in [0.1, 0.15) is 0 Å². The molecule has 0 radical (unpaired) electrons. The van der Waals surface area contributed by atoms with E-state index < -0.39 is 14.7 Å². The third-order valence-electron chi connectivity index (χ3n) is 2.78. The van der Waals surface area contributed by atoms with Gasteiger partial charge in [0.25, 0.3) is 0 Å². The van der Waals surface area contributed by atoms with Gasteiger partial charge in [-0.25, -0.2) is 0 Å². The third-order valence-corrected chi connectivity index (χ3v) is 6.09. The fourth-order valence-corrected chi connectivity index (χ4v) is 5.56. The van der Waals surface area contributed by atoms with Crippen LogP contribution in [-0.4, -0.2) is 25.5 Å². The van der Waals surface area contributed by atoms with Crippen molar-refractivity contribution >= 4 is 14.7 Å². The molecule has 126 valence electrons. The van der Waals surface area contributed by atoms with Crippen molar-refractivity contribution < 1.29 is 18.2 Å². The summed E-state index contributed by atoms with van der Waals surface area (Å²) in [7, 11) is -5.44. The number of hydrogen-bond acceptors (Lipinski definition) is 4. The second kappa shape index (κ2) is 7.93. The van der Waals surface area contributed by atoms with Crippen LogP contribution in [0, 0.1) is 0 Å². The quantitative estimate of drug-likeness (QED) is 0.595. The van der Waals surface area contributed by atoms with Crippen LogP contribution in [0.15, 0.2) is 24.3 Å². The lowest BCUT2D eigenvalue weighted by Crippen LogP contribution is -2.10. The lowest BCUT2D eigenvalue weighted by atomic mass is 10.1. The molecule has 0 atom stereocenters. The zero-order chi connectivity index (χ0) is 17.0. The molecule has 0 fully saturated rings. The van der Waals surface area contributed by atoms with Crippen molar-refractivity contribution in [2.24, 2.45) is 0 Å². The van der Waals surface area contributed by atoms with Crippen LogP contribution in [0.1, 0.15) is 38.8 Å². The van der Waals surface area contributed by atoms with Gasteiger partial charge in [-0.15, -0.1) is 0 Å². The Balaban J connectivity index is 3.08. The Morgan fingerprint density at radius 2 is 1.27 bits per heavy atom. The Bertz CT molecular complexity index is 561. The van der Waals surface area contributed by atoms with Gasteiger partial charge >= 0.3 is 7.60 Å². The molecule has 1 aromatic rings. The molecule has 0 spiro atoms. The van der Waals surface area contributed by atoms with Crippen molar-refractivity contribution in [1.29, 1.82) is 0 Å². The van der Waals surface area contributed by atoms with E-state index in [9.17, 15) is 9.13 Å². The zero-order valence-electron chi connectivity index (χ0n) is 14.4. The SMILES string of the molecule is CC(C)OP(=O)(Cc1ccccc1CP(C)(C)=O)OC(C)C. The molecule has 0 aliphatic rings. The fourth-order valence-electron chi connectivity index (χ4n) is 2.23. The molecular weight excluding hydrogens is 318 g/mol. The van der Waals surface area contributed by atoms with Crippen molar-refractivity contribution in [3.63, 3.8) is 0 Å². The van der Waals surface area contributed by atoms with E-state index in [0.29, 0.717) is 6.16 Å². The molecule has 0 saturated carbocycles. The minimum Gasteiger partial charge on any atom is -0.324 e. The van der Waals surface area contributed by atoms with Crippen molar-refractivity contribution in [1.82, 2.24) is 0 Å². The monoisotopic (exact) mass is 346 g/mol. The molecule has 0 heterocycles. The van der Waals surface area contributed by atoms with Crippen LogP contribution in [0.2, 0.25) is 0 Å². The molecule has 1 rings (SSSR count). The summed E-state index contributed by atoms with van der Waals surface area (Å²) in [5.74, 6) is 0. The molecule has 0 aliphatic heterocycles. The molecule has 6 heteroatoms. The largest absolute Gasteiger partial charge is 0.335 e. The van der Waals surface area contributed by atoms with Gasteiger partial charge in [-0.05, 0) is 52.2 Å². The van der Waals surface area contributed by atoms with Crippen molar-refractivity contribution in [2.45, 2.75) is 52.2 Å². The molecular formula is C16H28O4P2. The van der Waals surface area contributed by atoms with E-state index in [-0.39, 0.29) is 18.4 Å². The van der Waals surface area contributed by atoms with Gasteiger partial charge in [-0.1, -0.05) is 24.3 Å². The predicted molar refractivity (Wildman–Crippen MR) is 93.4 cm³/mol. The van der Waals surface area contributed by atoms with Crippen molar-refractivity contribution in [2.75, 3.05) is 13.3 Å². The highest BCUT2D eigenvalue weighted by Crippen LogP contribution is 2.54. The number of rotatable bonds is 8. The van der Waals surface area contributed by atoms with Crippen LogP contribution in [-0.2, 0) is 30.5 Å². The lowest BCUT2D eigenvalue weighted by molar-refractivity contribution is 0.141. The standard InChI is InChI=1S/C16H28O4P2/c1-13(2)19-22(18,20-14(3)4)12-16-10-8-7-9-15(16)11-21(5,6)17/h7-10,13-14H,11-12H2,1-6H3. The lowest BCUT2D eigenvalue weighted by Gasteiger charge is -2.24. The van der Waals surface area contributed by atoms with Crippen LogP contribution in [0.5, 0.6) is 0 Å². The van der Waals surface area contributed by atoms with Gasteiger partial charge in [0, 0.05) is 6.16 Å². The molecule has 0 N–H and O–H groups in total. The summed E-state index contributed by atoms with van der Waals surface area (Å²) in [6, 6.07) is 7.64. The summed E-state index contributed by atoms with van der Waals surface area (Å²) in [6.07, 6.45) is 0.340. The molecule has 0 bridgehead atoms. The molecule has 0 aromatic heterocycles.